The van der Waals surface area contributed by atoms with Crippen molar-refractivity contribution in [2.24, 2.45) is 0 Å². The molecule has 2 N–H and O–H groups in total. The molecule has 2 heterocycles. The Balaban J connectivity index is 1.97. The fourth-order valence-corrected chi connectivity index (χ4v) is 1.91. The van der Waals surface area contributed by atoms with Crippen LogP contribution >= 0.6 is 0 Å². The minimum Gasteiger partial charge on any atom is -0.331 e. The van der Waals surface area contributed by atoms with Crippen LogP contribution in [0.1, 0.15) is 18.9 Å². The van der Waals surface area contributed by atoms with Crippen LogP contribution in [0.5, 0.6) is 0 Å². The van der Waals surface area contributed by atoms with E-state index in [0.29, 0.717) is 6.04 Å². The van der Waals surface area contributed by atoms with Crippen LogP contribution in [-0.2, 0) is 0 Å². The molecule has 0 bridgehead atoms. The van der Waals surface area contributed by atoms with E-state index in [2.05, 4.69) is 15.7 Å². The van der Waals surface area contributed by atoms with Gasteiger partial charge in [0.05, 0.1) is 17.9 Å². The zero-order chi connectivity index (χ0) is 12.3. The average Bonchev–Trinajstić information content (AvgIpc) is 2.78. The molecule has 6 heteroatoms. The second-order valence-corrected chi connectivity index (χ2v) is 4.51. The molecule has 0 atom stereocenters. The number of aromatic nitrogens is 2. The number of nitrogens with zero attached hydrogens (tertiary/aromatic N) is 3. The first-order valence-electron chi connectivity index (χ1n) is 5.90. The normalized spacial score (nSPS) is 16.8. The predicted molar refractivity (Wildman–Crippen MR) is 66.1 cm³/mol. The lowest BCUT2D eigenvalue weighted by atomic mass is 10.1. The van der Waals surface area contributed by atoms with Crippen LogP contribution in [0.4, 0.5) is 10.5 Å². The number of carbonyl (C=O) groups is 1. The second kappa shape index (κ2) is 5.18. The van der Waals surface area contributed by atoms with Gasteiger partial charge in [0.1, 0.15) is 0 Å². The maximum absolute atomic E-state index is 11.5. The van der Waals surface area contributed by atoms with Crippen LogP contribution < -0.4 is 10.6 Å². The number of anilines is 1. The van der Waals surface area contributed by atoms with Crippen LogP contribution in [0, 0.1) is 0 Å². The molecule has 0 radical (unpaired) electrons. The highest BCUT2D eigenvalue weighted by atomic mass is 16.2. The van der Waals surface area contributed by atoms with Crippen molar-refractivity contribution < 1.29 is 4.79 Å². The lowest BCUT2D eigenvalue weighted by Crippen LogP contribution is -2.29. The van der Waals surface area contributed by atoms with Crippen molar-refractivity contribution in [3.63, 3.8) is 0 Å². The number of hydrogen-bond donors (Lipinski definition) is 2. The van der Waals surface area contributed by atoms with E-state index in [9.17, 15) is 4.79 Å². The molecular formula is C11H19N5O. The van der Waals surface area contributed by atoms with Crippen molar-refractivity contribution in [3.05, 3.63) is 12.4 Å². The maximum atomic E-state index is 11.5. The topological polar surface area (TPSA) is 62.2 Å². The molecule has 94 valence electrons. The van der Waals surface area contributed by atoms with Crippen LogP contribution in [0.3, 0.4) is 0 Å². The number of piperidine rings is 1. The largest absolute Gasteiger partial charge is 0.331 e. The lowest BCUT2D eigenvalue weighted by Gasteiger charge is -2.22. The highest BCUT2D eigenvalue weighted by molar-refractivity contribution is 5.88. The van der Waals surface area contributed by atoms with Gasteiger partial charge in [-0.25, -0.2) is 4.79 Å². The van der Waals surface area contributed by atoms with E-state index in [1.165, 1.54) is 4.90 Å². The fourth-order valence-electron chi connectivity index (χ4n) is 1.91. The van der Waals surface area contributed by atoms with Gasteiger partial charge in [-0.05, 0) is 25.9 Å². The highest BCUT2D eigenvalue weighted by Crippen LogP contribution is 2.19. The van der Waals surface area contributed by atoms with Crippen molar-refractivity contribution in [2.75, 3.05) is 32.5 Å². The third kappa shape index (κ3) is 2.97. The summed E-state index contributed by atoms with van der Waals surface area (Å²) in [4.78, 5) is 13.0. The van der Waals surface area contributed by atoms with Crippen LogP contribution in [0.2, 0.25) is 0 Å². The lowest BCUT2D eigenvalue weighted by molar-refractivity contribution is 0.230. The average molecular weight is 237 g/mol. The summed E-state index contributed by atoms with van der Waals surface area (Å²) in [6.07, 6.45) is 5.77. The van der Waals surface area contributed by atoms with Crippen molar-refractivity contribution in [1.82, 2.24) is 20.0 Å². The van der Waals surface area contributed by atoms with Gasteiger partial charge in [0.15, 0.2) is 0 Å². The molecule has 6 nitrogen and oxygen atoms in total. The van der Waals surface area contributed by atoms with Gasteiger partial charge < -0.3 is 15.5 Å². The smallest absolute Gasteiger partial charge is 0.321 e. The minimum atomic E-state index is -0.130. The number of urea groups is 1. The number of carbonyl (C=O) groups excluding carboxylic acids is 1. The monoisotopic (exact) mass is 237 g/mol. The van der Waals surface area contributed by atoms with E-state index in [1.54, 1.807) is 20.3 Å². The minimum absolute atomic E-state index is 0.130. The van der Waals surface area contributed by atoms with Gasteiger partial charge in [-0.3, -0.25) is 4.68 Å². The molecule has 2 rings (SSSR count). The Kier molecular flexibility index (Phi) is 3.63. The molecule has 1 aromatic rings. The Morgan fingerprint density at radius 1 is 1.53 bits per heavy atom. The Bertz CT molecular complexity index is 381. The summed E-state index contributed by atoms with van der Waals surface area (Å²) in [5.41, 5.74) is 0.752. The van der Waals surface area contributed by atoms with Gasteiger partial charge in [0, 0.05) is 20.3 Å². The molecule has 1 aliphatic rings. The Hall–Kier alpha value is -1.56. The second-order valence-electron chi connectivity index (χ2n) is 4.51. The molecule has 0 spiro atoms. The zero-order valence-corrected chi connectivity index (χ0v) is 10.3. The molecule has 0 aliphatic carbocycles. The third-order valence-corrected chi connectivity index (χ3v) is 2.94. The van der Waals surface area contributed by atoms with E-state index >= 15 is 0 Å². The molecule has 17 heavy (non-hydrogen) atoms. The first-order valence-corrected chi connectivity index (χ1v) is 5.90. The summed E-state index contributed by atoms with van der Waals surface area (Å²) in [7, 11) is 3.43. The van der Waals surface area contributed by atoms with Gasteiger partial charge in [-0.1, -0.05) is 0 Å². The zero-order valence-electron chi connectivity index (χ0n) is 10.3. The third-order valence-electron chi connectivity index (χ3n) is 2.94. The number of nitrogens with one attached hydrogen (secondary N) is 2. The van der Waals surface area contributed by atoms with Crippen LogP contribution in [-0.4, -0.2) is 47.9 Å². The van der Waals surface area contributed by atoms with E-state index in [4.69, 9.17) is 0 Å². The molecule has 2 amide bonds. The first-order chi connectivity index (χ1) is 8.16. The fraction of sp³-hybridized carbons (Fsp3) is 0.636. The Morgan fingerprint density at radius 3 is 2.88 bits per heavy atom. The highest BCUT2D eigenvalue weighted by Gasteiger charge is 2.16. The predicted octanol–water partition coefficient (Wildman–Crippen LogP) is 0.901. The van der Waals surface area contributed by atoms with Gasteiger partial charge in [0.25, 0.3) is 0 Å². The maximum Gasteiger partial charge on any atom is 0.321 e. The van der Waals surface area contributed by atoms with E-state index in [-0.39, 0.29) is 6.03 Å². The van der Waals surface area contributed by atoms with Gasteiger partial charge >= 0.3 is 6.03 Å². The van der Waals surface area contributed by atoms with Crippen molar-refractivity contribution >= 4 is 11.7 Å². The first kappa shape index (κ1) is 11.9. The standard InChI is InChI=1S/C11H19N5O/c1-15(2)11(17)14-9-7-13-16(8-9)10-3-5-12-6-4-10/h7-8,10,12H,3-6H2,1-2H3,(H,14,17). The summed E-state index contributed by atoms with van der Waals surface area (Å²) in [6.45, 7) is 2.06. The van der Waals surface area contributed by atoms with E-state index in [1.807, 2.05) is 10.9 Å². The van der Waals surface area contributed by atoms with Gasteiger partial charge in [0.2, 0.25) is 0 Å². The van der Waals surface area contributed by atoms with Gasteiger partial charge in [-0.15, -0.1) is 0 Å². The van der Waals surface area contributed by atoms with Crippen molar-refractivity contribution in [1.29, 1.82) is 0 Å². The van der Waals surface area contributed by atoms with Crippen molar-refractivity contribution in [3.8, 4) is 0 Å². The van der Waals surface area contributed by atoms with Crippen molar-refractivity contribution in [2.45, 2.75) is 18.9 Å². The summed E-state index contributed by atoms with van der Waals surface area (Å²) in [5.74, 6) is 0. The molecule has 1 saturated heterocycles. The quantitative estimate of drug-likeness (QED) is 0.803. The molecule has 0 unspecified atom stereocenters. The summed E-state index contributed by atoms with van der Waals surface area (Å²) >= 11 is 0. The summed E-state index contributed by atoms with van der Waals surface area (Å²) < 4.78 is 1.95. The number of hydrogen-bond acceptors (Lipinski definition) is 3. The summed E-state index contributed by atoms with van der Waals surface area (Å²) in [6, 6.07) is 0.316. The van der Waals surface area contributed by atoms with Crippen LogP contribution in [0.15, 0.2) is 12.4 Å². The molecule has 0 aromatic carbocycles. The molecule has 1 aromatic heterocycles. The van der Waals surface area contributed by atoms with Crippen LogP contribution in [0.25, 0.3) is 0 Å². The van der Waals surface area contributed by atoms with E-state index < -0.39 is 0 Å². The van der Waals surface area contributed by atoms with E-state index in [0.717, 1.165) is 31.6 Å². The molecule has 0 saturated carbocycles. The summed E-state index contributed by atoms with van der Waals surface area (Å²) in [5, 5.41) is 10.4. The number of rotatable bonds is 2. The number of amides is 2. The molecule has 1 fully saturated rings. The molecule has 1 aliphatic heterocycles. The molecular weight excluding hydrogens is 218 g/mol. The Labute approximate surface area is 101 Å². The van der Waals surface area contributed by atoms with Gasteiger partial charge in [-0.2, -0.15) is 5.10 Å². The SMILES string of the molecule is CN(C)C(=O)Nc1cnn(C2CCNCC2)c1. The Morgan fingerprint density at radius 2 is 2.24 bits per heavy atom.